The number of aromatic nitrogens is 2. The van der Waals surface area contributed by atoms with E-state index in [1.54, 1.807) is 42.8 Å². The molecule has 0 fully saturated rings. The van der Waals surface area contributed by atoms with Crippen LogP contribution in [0.1, 0.15) is 28.9 Å². The number of benzene rings is 1. The Morgan fingerprint density at radius 1 is 1.33 bits per heavy atom. The Morgan fingerprint density at radius 3 is 3.00 bits per heavy atom. The molecule has 0 bridgehead atoms. The molecule has 0 aliphatic rings. The van der Waals surface area contributed by atoms with Gasteiger partial charge in [0.15, 0.2) is 0 Å². The van der Waals surface area contributed by atoms with Crippen LogP contribution in [0.4, 0.5) is 4.39 Å². The maximum absolute atomic E-state index is 13.6. The second-order valence-corrected chi connectivity index (χ2v) is 5.50. The molecule has 0 spiro atoms. The number of amides is 1. The van der Waals surface area contributed by atoms with E-state index in [9.17, 15) is 9.18 Å². The standard InChI is InChI=1S/C15H12FN3OS/c1-9(11-3-2-6-17-14(11)16)19-15(20)10-4-5-12-13(7-10)21-8-18-12/h2-9H,1H3,(H,19,20). The van der Waals surface area contributed by atoms with E-state index in [0.717, 1.165) is 10.2 Å². The number of hydrogen-bond acceptors (Lipinski definition) is 4. The average Bonchev–Trinajstić information content (AvgIpc) is 2.94. The van der Waals surface area contributed by atoms with Crippen molar-refractivity contribution < 1.29 is 9.18 Å². The summed E-state index contributed by atoms with van der Waals surface area (Å²) in [4.78, 5) is 20.0. The van der Waals surface area contributed by atoms with Gasteiger partial charge < -0.3 is 5.32 Å². The predicted octanol–water partition coefficient (Wildman–Crippen LogP) is 3.32. The van der Waals surface area contributed by atoms with Crippen LogP contribution in [0.2, 0.25) is 0 Å². The minimum absolute atomic E-state index is 0.249. The average molecular weight is 301 g/mol. The fraction of sp³-hybridized carbons (Fsp3) is 0.133. The third-order valence-corrected chi connectivity index (χ3v) is 3.99. The molecule has 0 saturated carbocycles. The minimum atomic E-state index is -0.566. The first-order valence-corrected chi connectivity index (χ1v) is 7.27. The van der Waals surface area contributed by atoms with E-state index in [-0.39, 0.29) is 5.91 Å². The van der Waals surface area contributed by atoms with Crippen molar-refractivity contribution >= 4 is 27.5 Å². The molecular weight excluding hydrogens is 289 g/mol. The molecule has 0 saturated heterocycles. The molecular formula is C15H12FN3OS. The number of halogens is 1. The van der Waals surface area contributed by atoms with Crippen LogP contribution in [-0.2, 0) is 0 Å². The zero-order valence-corrected chi connectivity index (χ0v) is 12.0. The van der Waals surface area contributed by atoms with Crippen LogP contribution in [0, 0.1) is 5.95 Å². The lowest BCUT2D eigenvalue weighted by Crippen LogP contribution is -2.27. The van der Waals surface area contributed by atoms with Crippen molar-refractivity contribution in [3.05, 3.63) is 59.1 Å². The third-order valence-electron chi connectivity index (χ3n) is 3.20. The topological polar surface area (TPSA) is 54.9 Å². The maximum atomic E-state index is 13.6. The highest BCUT2D eigenvalue weighted by molar-refractivity contribution is 7.16. The second-order valence-electron chi connectivity index (χ2n) is 4.61. The highest BCUT2D eigenvalue weighted by Crippen LogP contribution is 2.20. The predicted molar refractivity (Wildman–Crippen MR) is 79.7 cm³/mol. The second kappa shape index (κ2) is 5.57. The number of carbonyl (C=O) groups is 1. The lowest BCUT2D eigenvalue weighted by Gasteiger charge is -2.14. The van der Waals surface area contributed by atoms with Crippen molar-refractivity contribution in [3.8, 4) is 0 Å². The fourth-order valence-electron chi connectivity index (χ4n) is 2.08. The number of nitrogens with one attached hydrogen (secondary N) is 1. The van der Waals surface area contributed by atoms with E-state index in [0.29, 0.717) is 11.1 Å². The summed E-state index contributed by atoms with van der Waals surface area (Å²) >= 11 is 1.48. The molecule has 1 atom stereocenters. The summed E-state index contributed by atoms with van der Waals surface area (Å²) in [6.07, 6.45) is 1.38. The first-order valence-electron chi connectivity index (χ1n) is 6.39. The molecule has 2 heterocycles. The lowest BCUT2D eigenvalue weighted by molar-refractivity contribution is 0.0939. The Labute approximate surface area is 124 Å². The molecule has 1 aromatic carbocycles. The fourth-order valence-corrected chi connectivity index (χ4v) is 2.79. The van der Waals surface area contributed by atoms with Gasteiger partial charge in [0.05, 0.1) is 21.8 Å². The highest BCUT2D eigenvalue weighted by Gasteiger charge is 2.15. The molecule has 1 unspecified atom stereocenters. The number of thiazole rings is 1. The minimum Gasteiger partial charge on any atom is -0.345 e. The van der Waals surface area contributed by atoms with Crippen molar-refractivity contribution in [2.75, 3.05) is 0 Å². The summed E-state index contributed by atoms with van der Waals surface area (Å²) < 4.78 is 14.5. The molecule has 0 aliphatic heterocycles. The van der Waals surface area contributed by atoms with E-state index in [1.807, 2.05) is 0 Å². The van der Waals surface area contributed by atoms with Crippen molar-refractivity contribution in [1.29, 1.82) is 0 Å². The van der Waals surface area contributed by atoms with E-state index in [2.05, 4.69) is 15.3 Å². The summed E-state index contributed by atoms with van der Waals surface area (Å²) in [7, 11) is 0. The van der Waals surface area contributed by atoms with Gasteiger partial charge in [-0.1, -0.05) is 6.07 Å². The first-order chi connectivity index (χ1) is 10.1. The molecule has 3 rings (SSSR count). The van der Waals surface area contributed by atoms with Gasteiger partial charge in [-0.15, -0.1) is 11.3 Å². The van der Waals surface area contributed by atoms with Crippen LogP contribution in [-0.4, -0.2) is 15.9 Å². The van der Waals surface area contributed by atoms with Gasteiger partial charge in [-0.2, -0.15) is 4.39 Å². The number of pyridine rings is 1. The first kappa shape index (κ1) is 13.6. The Hall–Kier alpha value is -2.34. The van der Waals surface area contributed by atoms with Gasteiger partial charge in [-0.3, -0.25) is 4.79 Å². The van der Waals surface area contributed by atoms with Gasteiger partial charge in [0, 0.05) is 17.3 Å². The van der Waals surface area contributed by atoms with Crippen LogP contribution in [0.15, 0.2) is 42.0 Å². The van der Waals surface area contributed by atoms with Crippen LogP contribution < -0.4 is 5.32 Å². The van der Waals surface area contributed by atoms with Crippen molar-refractivity contribution in [3.63, 3.8) is 0 Å². The lowest BCUT2D eigenvalue weighted by atomic mass is 10.1. The summed E-state index contributed by atoms with van der Waals surface area (Å²) in [5.74, 6) is -0.815. The van der Waals surface area contributed by atoms with Crippen molar-refractivity contribution in [1.82, 2.24) is 15.3 Å². The Kier molecular flexibility index (Phi) is 3.62. The van der Waals surface area contributed by atoms with Crippen LogP contribution in [0.3, 0.4) is 0 Å². The molecule has 1 N–H and O–H groups in total. The number of fused-ring (bicyclic) bond motifs is 1. The summed E-state index contributed by atoms with van der Waals surface area (Å²) in [6, 6.07) is 8.10. The number of nitrogens with zero attached hydrogens (tertiary/aromatic N) is 2. The van der Waals surface area contributed by atoms with E-state index in [1.165, 1.54) is 17.5 Å². The summed E-state index contributed by atoms with van der Waals surface area (Å²) in [5.41, 5.74) is 3.50. The Bertz CT molecular complexity index is 802. The monoisotopic (exact) mass is 301 g/mol. The molecule has 106 valence electrons. The molecule has 21 heavy (non-hydrogen) atoms. The number of hydrogen-bond donors (Lipinski definition) is 1. The zero-order chi connectivity index (χ0) is 14.8. The Morgan fingerprint density at radius 2 is 2.19 bits per heavy atom. The van der Waals surface area contributed by atoms with Gasteiger partial charge >= 0.3 is 0 Å². The smallest absolute Gasteiger partial charge is 0.251 e. The third kappa shape index (κ3) is 2.75. The van der Waals surface area contributed by atoms with Gasteiger partial charge in [0.2, 0.25) is 5.95 Å². The van der Waals surface area contributed by atoms with Gasteiger partial charge in [-0.25, -0.2) is 9.97 Å². The molecule has 6 heteroatoms. The van der Waals surface area contributed by atoms with E-state index >= 15 is 0 Å². The number of rotatable bonds is 3. The molecule has 2 aromatic heterocycles. The molecule has 1 amide bonds. The van der Waals surface area contributed by atoms with Crippen molar-refractivity contribution in [2.24, 2.45) is 0 Å². The van der Waals surface area contributed by atoms with Crippen LogP contribution in [0.5, 0.6) is 0 Å². The zero-order valence-electron chi connectivity index (χ0n) is 11.2. The summed E-state index contributed by atoms with van der Waals surface area (Å²) in [6.45, 7) is 1.73. The summed E-state index contributed by atoms with van der Waals surface area (Å²) in [5, 5.41) is 2.78. The van der Waals surface area contributed by atoms with Crippen molar-refractivity contribution in [2.45, 2.75) is 13.0 Å². The van der Waals surface area contributed by atoms with Crippen LogP contribution >= 0.6 is 11.3 Å². The van der Waals surface area contributed by atoms with E-state index in [4.69, 9.17) is 0 Å². The van der Waals surface area contributed by atoms with Gasteiger partial charge in [0.25, 0.3) is 5.91 Å². The SMILES string of the molecule is CC(NC(=O)c1ccc2ncsc2c1)c1cccnc1F. The molecule has 0 aliphatic carbocycles. The molecule has 4 nitrogen and oxygen atoms in total. The highest BCUT2D eigenvalue weighted by atomic mass is 32.1. The quantitative estimate of drug-likeness (QED) is 0.755. The van der Waals surface area contributed by atoms with Gasteiger partial charge in [0.1, 0.15) is 0 Å². The Balaban J connectivity index is 1.81. The largest absolute Gasteiger partial charge is 0.345 e. The van der Waals surface area contributed by atoms with Crippen LogP contribution in [0.25, 0.3) is 10.2 Å². The number of carbonyl (C=O) groups excluding carboxylic acids is 1. The normalized spacial score (nSPS) is 12.3. The molecule has 3 aromatic rings. The van der Waals surface area contributed by atoms with E-state index < -0.39 is 12.0 Å². The van der Waals surface area contributed by atoms with Gasteiger partial charge in [-0.05, 0) is 31.2 Å². The molecule has 0 radical (unpaired) electrons. The maximum Gasteiger partial charge on any atom is 0.251 e.